The average Bonchev–Trinajstić information content (AvgIpc) is 2.62. The van der Waals surface area contributed by atoms with Crippen LogP contribution < -0.4 is 5.32 Å². The Morgan fingerprint density at radius 3 is 2.76 bits per heavy atom. The van der Waals surface area contributed by atoms with Gasteiger partial charge >= 0.3 is 0 Å². The normalized spacial score (nSPS) is 10.3. The molecule has 0 bridgehead atoms. The Hall–Kier alpha value is -1.46. The number of hydrogen-bond acceptors (Lipinski definition) is 4. The highest BCUT2D eigenvalue weighted by Crippen LogP contribution is 2.18. The molecule has 0 aromatic carbocycles. The predicted octanol–water partition coefficient (Wildman–Crippen LogP) is 3.06. The lowest BCUT2D eigenvalue weighted by atomic mass is 10.2. The van der Waals surface area contributed by atoms with Crippen LogP contribution in [0.25, 0.3) is 0 Å². The molecule has 17 heavy (non-hydrogen) atoms. The van der Waals surface area contributed by atoms with Crippen molar-refractivity contribution in [3.63, 3.8) is 0 Å². The van der Waals surface area contributed by atoms with E-state index in [2.05, 4.69) is 15.3 Å². The second-order valence-corrected chi connectivity index (χ2v) is 5.17. The number of aryl methyl sites for hydroxylation is 2. The number of carbonyl (C=O) groups is 1. The van der Waals surface area contributed by atoms with Crippen molar-refractivity contribution in [1.82, 2.24) is 9.97 Å². The van der Waals surface area contributed by atoms with Crippen molar-refractivity contribution in [2.45, 2.75) is 13.8 Å². The summed E-state index contributed by atoms with van der Waals surface area (Å²) in [7, 11) is 0. The molecule has 0 aliphatic carbocycles. The van der Waals surface area contributed by atoms with Crippen LogP contribution in [0.15, 0.2) is 18.3 Å². The lowest BCUT2D eigenvalue weighted by molar-refractivity contribution is 0.102. The number of pyridine rings is 1. The van der Waals surface area contributed by atoms with Crippen molar-refractivity contribution in [1.29, 1.82) is 0 Å². The van der Waals surface area contributed by atoms with Crippen molar-refractivity contribution in [3.8, 4) is 0 Å². The van der Waals surface area contributed by atoms with Crippen LogP contribution in [0.2, 0.25) is 5.15 Å². The first kappa shape index (κ1) is 12.0. The van der Waals surface area contributed by atoms with Gasteiger partial charge < -0.3 is 0 Å². The smallest absolute Gasteiger partial charge is 0.257 e. The van der Waals surface area contributed by atoms with Crippen LogP contribution in [0.5, 0.6) is 0 Å². The number of thiazole rings is 1. The zero-order chi connectivity index (χ0) is 12.4. The number of nitrogens with one attached hydrogen (secondary N) is 1. The van der Waals surface area contributed by atoms with Crippen molar-refractivity contribution in [3.05, 3.63) is 39.6 Å². The summed E-state index contributed by atoms with van der Waals surface area (Å²) in [6.07, 6.45) is 1.71. The lowest BCUT2D eigenvalue weighted by Gasteiger charge is -2.03. The van der Waals surface area contributed by atoms with Gasteiger partial charge in [0.2, 0.25) is 0 Å². The first-order valence-corrected chi connectivity index (χ1v) is 6.12. The van der Waals surface area contributed by atoms with E-state index in [1.54, 1.807) is 19.2 Å². The minimum absolute atomic E-state index is 0.230. The topological polar surface area (TPSA) is 54.9 Å². The first-order chi connectivity index (χ1) is 8.04. The predicted molar refractivity (Wildman–Crippen MR) is 68.8 cm³/mol. The van der Waals surface area contributed by atoms with E-state index in [9.17, 15) is 4.79 Å². The molecule has 2 rings (SSSR count). The van der Waals surface area contributed by atoms with Gasteiger partial charge in [0.1, 0.15) is 5.15 Å². The number of hydrogen-bond donors (Lipinski definition) is 1. The van der Waals surface area contributed by atoms with E-state index in [4.69, 9.17) is 11.6 Å². The highest BCUT2D eigenvalue weighted by atomic mass is 35.5. The summed E-state index contributed by atoms with van der Waals surface area (Å²) in [4.78, 5) is 21.0. The van der Waals surface area contributed by atoms with Crippen molar-refractivity contribution in [2.75, 3.05) is 5.32 Å². The largest absolute Gasteiger partial charge is 0.298 e. The van der Waals surface area contributed by atoms with Gasteiger partial charge in [0, 0.05) is 22.3 Å². The summed E-state index contributed by atoms with van der Waals surface area (Å²) in [5, 5.41) is 3.61. The number of amides is 1. The monoisotopic (exact) mass is 267 g/mol. The Kier molecular flexibility index (Phi) is 3.40. The maximum Gasteiger partial charge on any atom is 0.257 e. The van der Waals surface area contributed by atoms with Crippen LogP contribution in [-0.4, -0.2) is 15.9 Å². The van der Waals surface area contributed by atoms with Gasteiger partial charge in [0.15, 0.2) is 5.13 Å². The van der Waals surface area contributed by atoms with Gasteiger partial charge in [0.05, 0.1) is 0 Å². The van der Waals surface area contributed by atoms with Gasteiger partial charge in [-0.2, -0.15) is 0 Å². The minimum atomic E-state index is -0.230. The highest BCUT2D eigenvalue weighted by Gasteiger charge is 2.10. The maximum atomic E-state index is 11.9. The van der Waals surface area contributed by atoms with Crippen LogP contribution in [0.4, 0.5) is 5.13 Å². The molecule has 0 fully saturated rings. The summed E-state index contributed by atoms with van der Waals surface area (Å²) in [5.41, 5.74) is 1.19. The van der Waals surface area contributed by atoms with Crippen LogP contribution >= 0.6 is 22.9 Å². The third-order valence-corrected chi connectivity index (χ3v) is 3.05. The van der Waals surface area contributed by atoms with Gasteiger partial charge in [0.25, 0.3) is 5.91 Å². The number of halogens is 1. The van der Waals surface area contributed by atoms with Crippen molar-refractivity contribution < 1.29 is 4.79 Å². The molecule has 0 aliphatic heterocycles. The third-order valence-electron chi connectivity index (χ3n) is 2.03. The van der Waals surface area contributed by atoms with Crippen LogP contribution in [0.1, 0.15) is 20.9 Å². The van der Waals surface area contributed by atoms with E-state index < -0.39 is 0 Å². The van der Waals surface area contributed by atoms with Crippen LogP contribution in [0, 0.1) is 13.8 Å². The first-order valence-electron chi connectivity index (χ1n) is 4.92. The quantitative estimate of drug-likeness (QED) is 0.851. The Balaban J connectivity index is 2.19. The fourth-order valence-corrected chi connectivity index (χ4v) is 2.25. The maximum absolute atomic E-state index is 11.9. The van der Waals surface area contributed by atoms with E-state index in [1.807, 2.05) is 6.92 Å². The molecule has 0 atom stereocenters. The standard InChI is InChI=1S/C11H10ClN3OS/c1-6-3-8(4-9(12)14-6)10(16)15-11-13-5-7(2)17-11/h3-5H,1-2H3,(H,13,15,16). The zero-order valence-corrected chi connectivity index (χ0v) is 10.9. The second-order valence-electron chi connectivity index (χ2n) is 3.55. The van der Waals surface area contributed by atoms with Crippen LogP contribution in [-0.2, 0) is 0 Å². The molecule has 2 heterocycles. The van der Waals surface area contributed by atoms with E-state index in [0.717, 1.165) is 4.88 Å². The SMILES string of the molecule is Cc1cc(C(=O)Nc2ncc(C)s2)cc(Cl)n1. The molecule has 6 heteroatoms. The van der Waals surface area contributed by atoms with E-state index in [0.29, 0.717) is 21.5 Å². The van der Waals surface area contributed by atoms with Gasteiger partial charge in [-0.05, 0) is 26.0 Å². The Labute approximate surface area is 108 Å². The number of carbonyl (C=O) groups excluding carboxylic acids is 1. The molecular weight excluding hydrogens is 258 g/mol. The van der Waals surface area contributed by atoms with Crippen molar-refractivity contribution in [2.24, 2.45) is 0 Å². The molecule has 88 valence electrons. The van der Waals surface area contributed by atoms with Crippen molar-refractivity contribution >= 4 is 34.0 Å². The summed E-state index contributed by atoms with van der Waals surface area (Å²) in [6, 6.07) is 3.21. The molecule has 1 N–H and O–H groups in total. The summed E-state index contributed by atoms with van der Waals surface area (Å²) >= 11 is 7.22. The Morgan fingerprint density at radius 1 is 1.41 bits per heavy atom. The van der Waals surface area contributed by atoms with Gasteiger partial charge in [-0.1, -0.05) is 11.6 Å². The summed E-state index contributed by atoms with van der Waals surface area (Å²) < 4.78 is 0. The molecule has 4 nitrogen and oxygen atoms in total. The number of rotatable bonds is 2. The number of anilines is 1. The van der Waals surface area contributed by atoms with Crippen LogP contribution in [0.3, 0.4) is 0 Å². The zero-order valence-electron chi connectivity index (χ0n) is 9.32. The molecule has 0 aliphatic rings. The molecular formula is C11H10ClN3OS. The van der Waals surface area contributed by atoms with Gasteiger partial charge in [-0.15, -0.1) is 11.3 Å². The molecule has 2 aromatic heterocycles. The van der Waals surface area contributed by atoms with Gasteiger partial charge in [-0.3, -0.25) is 10.1 Å². The Morgan fingerprint density at radius 2 is 2.18 bits per heavy atom. The summed E-state index contributed by atoms with van der Waals surface area (Å²) in [5.74, 6) is -0.230. The summed E-state index contributed by atoms with van der Waals surface area (Å²) in [6.45, 7) is 3.72. The molecule has 0 spiro atoms. The third kappa shape index (κ3) is 3.01. The number of nitrogens with zero attached hydrogens (tertiary/aromatic N) is 2. The average molecular weight is 268 g/mol. The molecule has 0 saturated carbocycles. The fourth-order valence-electron chi connectivity index (χ4n) is 1.34. The number of aromatic nitrogens is 2. The lowest BCUT2D eigenvalue weighted by Crippen LogP contribution is -2.12. The fraction of sp³-hybridized carbons (Fsp3) is 0.182. The van der Waals surface area contributed by atoms with Gasteiger partial charge in [-0.25, -0.2) is 9.97 Å². The molecule has 0 saturated heterocycles. The molecule has 0 unspecified atom stereocenters. The second kappa shape index (κ2) is 4.81. The molecule has 1 amide bonds. The minimum Gasteiger partial charge on any atom is -0.298 e. The molecule has 2 aromatic rings. The van der Waals surface area contributed by atoms with E-state index in [-0.39, 0.29) is 5.91 Å². The van der Waals surface area contributed by atoms with E-state index >= 15 is 0 Å². The van der Waals surface area contributed by atoms with E-state index in [1.165, 1.54) is 17.4 Å². The Bertz CT molecular complexity index is 547. The highest BCUT2D eigenvalue weighted by molar-refractivity contribution is 7.15. The molecule has 0 radical (unpaired) electrons.